The molecule has 1 heterocycles. The van der Waals surface area contributed by atoms with Gasteiger partial charge in [0.05, 0.1) is 37.5 Å². The summed E-state index contributed by atoms with van der Waals surface area (Å²) in [6.07, 6.45) is 4.86. The first-order chi connectivity index (χ1) is 25.4. The highest BCUT2D eigenvalue weighted by molar-refractivity contribution is 5.80. The summed E-state index contributed by atoms with van der Waals surface area (Å²) in [6, 6.07) is 24.0. The standard InChI is InChI=1S/C42H55N3O7/c46-38(37(27-30-10-4-3-5-11-30)43-42(49)52-35-13-6-1-2-7-14-35)29-33(41(48)44-40-36-15-9-8-12-32(36)28-39(40)47)26-31-16-18-34(19-17-31)51-25-22-45-20-23-50-24-21-45/h3-5,8-12,15-19,33,35,37-40,46-47H,1-2,6-7,13-14,20-29H2,(H,43,49)(H,44,48)/t33-,37+,38+,39-,40+/m1/s1. The molecule has 3 aromatic rings. The lowest BCUT2D eigenvalue weighted by Gasteiger charge is -2.29. The highest BCUT2D eigenvalue weighted by atomic mass is 16.6. The number of aliphatic hydroxyl groups is 2. The van der Waals surface area contributed by atoms with E-state index >= 15 is 0 Å². The topological polar surface area (TPSA) is 130 Å². The second kappa shape index (κ2) is 19.2. The molecule has 1 aliphatic heterocycles. The van der Waals surface area contributed by atoms with Gasteiger partial charge in [-0.25, -0.2) is 4.79 Å². The number of carbonyl (C=O) groups excluding carboxylic acids is 2. The van der Waals surface area contributed by atoms with Crippen LogP contribution in [0.1, 0.15) is 73.2 Å². The lowest BCUT2D eigenvalue weighted by molar-refractivity contribution is -0.127. The number of alkyl carbamates (subject to hydrolysis) is 1. The van der Waals surface area contributed by atoms with E-state index in [0.717, 1.165) is 99.4 Å². The Morgan fingerprint density at radius 3 is 2.31 bits per heavy atom. The van der Waals surface area contributed by atoms with Crippen molar-refractivity contribution in [2.45, 2.75) is 94.6 Å². The minimum absolute atomic E-state index is 0.0926. The van der Waals surface area contributed by atoms with Crippen molar-refractivity contribution in [3.05, 3.63) is 101 Å². The molecule has 5 atom stereocenters. The fraction of sp³-hybridized carbons (Fsp3) is 0.524. The molecule has 1 saturated heterocycles. The summed E-state index contributed by atoms with van der Waals surface area (Å²) in [5.74, 6) is -0.158. The SMILES string of the molecule is O=C(N[C@@H](Cc1ccccc1)[C@@H](O)C[C@@H](Cc1ccc(OCCN2CCOCC2)cc1)C(=O)N[C@H]1c2ccccc2C[C@H]1O)OC1CCCCCC1. The van der Waals surface area contributed by atoms with Crippen LogP contribution < -0.4 is 15.4 Å². The summed E-state index contributed by atoms with van der Waals surface area (Å²) in [7, 11) is 0. The zero-order valence-corrected chi connectivity index (χ0v) is 30.2. The minimum atomic E-state index is -1.05. The predicted octanol–water partition coefficient (Wildman–Crippen LogP) is 5.14. The van der Waals surface area contributed by atoms with Crippen LogP contribution in [0.15, 0.2) is 78.9 Å². The van der Waals surface area contributed by atoms with Gasteiger partial charge in [-0.1, -0.05) is 79.6 Å². The maximum absolute atomic E-state index is 14.2. The fourth-order valence-corrected chi connectivity index (χ4v) is 7.73. The summed E-state index contributed by atoms with van der Waals surface area (Å²) in [5, 5.41) is 28.9. The molecule has 2 fully saturated rings. The summed E-state index contributed by atoms with van der Waals surface area (Å²) in [5.41, 5.74) is 3.80. The predicted molar refractivity (Wildman–Crippen MR) is 199 cm³/mol. The van der Waals surface area contributed by atoms with Crippen LogP contribution in [0.25, 0.3) is 0 Å². The van der Waals surface area contributed by atoms with Crippen LogP contribution in [0.5, 0.6) is 5.75 Å². The van der Waals surface area contributed by atoms with Gasteiger partial charge in [0.2, 0.25) is 5.91 Å². The van der Waals surface area contributed by atoms with Crippen LogP contribution in [0.3, 0.4) is 0 Å². The molecule has 0 bridgehead atoms. The first-order valence-corrected chi connectivity index (χ1v) is 19.2. The van der Waals surface area contributed by atoms with Gasteiger partial charge in [0.1, 0.15) is 18.5 Å². The third-order valence-electron chi connectivity index (χ3n) is 10.7. The third kappa shape index (κ3) is 11.0. The number of ether oxygens (including phenoxy) is 3. The largest absolute Gasteiger partial charge is 0.492 e. The normalized spacial score (nSPS) is 21.3. The van der Waals surface area contributed by atoms with E-state index in [2.05, 4.69) is 15.5 Å². The van der Waals surface area contributed by atoms with Crippen LogP contribution in [-0.2, 0) is 33.5 Å². The van der Waals surface area contributed by atoms with Crippen molar-refractivity contribution in [2.75, 3.05) is 39.5 Å². The van der Waals surface area contributed by atoms with Gasteiger partial charge in [0.15, 0.2) is 0 Å². The van der Waals surface area contributed by atoms with Crippen molar-refractivity contribution in [1.82, 2.24) is 15.5 Å². The quantitative estimate of drug-likeness (QED) is 0.160. The number of nitrogens with one attached hydrogen (secondary N) is 2. The van der Waals surface area contributed by atoms with Gasteiger partial charge in [-0.05, 0) is 79.3 Å². The zero-order valence-electron chi connectivity index (χ0n) is 30.2. The molecular formula is C42H55N3O7. The molecule has 10 heteroatoms. The molecule has 0 spiro atoms. The number of nitrogens with zero attached hydrogens (tertiary/aromatic N) is 1. The van der Waals surface area contributed by atoms with Crippen molar-refractivity contribution < 1.29 is 34.0 Å². The van der Waals surface area contributed by atoms with Crippen LogP contribution in [-0.4, -0.2) is 90.9 Å². The number of carbonyl (C=O) groups is 2. The Bertz CT molecular complexity index is 1540. The Balaban J connectivity index is 1.16. The highest BCUT2D eigenvalue weighted by Gasteiger charge is 2.35. The Hall–Kier alpha value is -3.96. The van der Waals surface area contributed by atoms with Gasteiger partial charge >= 0.3 is 6.09 Å². The molecule has 280 valence electrons. The number of rotatable bonds is 15. The van der Waals surface area contributed by atoms with Gasteiger partial charge in [-0.3, -0.25) is 9.69 Å². The summed E-state index contributed by atoms with van der Waals surface area (Å²) in [6.45, 7) is 4.71. The van der Waals surface area contributed by atoms with Crippen LogP contribution in [0.2, 0.25) is 0 Å². The number of morpholine rings is 1. The number of aliphatic hydroxyl groups excluding tert-OH is 2. The highest BCUT2D eigenvalue weighted by Crippen LogP contribution is 2.32. The van der Waals surface area contributed by atoms with Gasteiger partial charge in [-0.2, -0.15) is 0 Å². The van der Waals surface area contributed by atoms with Crippen molar-refractivity contribution >= 4 is 12.0 Å². The Labute approximate surface area is 307 Å². The molecule has 4 N–H and O–H groups in total. The van der Waals surface area contributed by atoms with Crippen LogP contribution >= 0.6 is 0 Å². The smallest absolute Gasteiger partial charge is 0.407 e. The molecule has 6 rings (SSSR count). The minimum Gasteiger partial charge on any atom is -0.492 e. The maximum atomic E-state index is 14.2. The summed E-state index contributed by atoms with van der Waals surface area (Å²) < 4.78 is 17.3. The lowest BCUT2D eigenvalue weighted by atomic mass is 9.88. The molecule has 3 aromatic carbocycles. The first-order valence-electron chi connectivity index (χ1n) is 19.2. The zero-order chi connectivity index (χ0) is 36.1. The van der Waals surface area contributed by atoms with Crippen molar-refractivity contribution in [3.8, 4) is 5.75 Å². The molecule has 2 amide bonds. The van der Waals surface area contributed by atoms with E-state index < -0.39 is 36.3 Å². The first kappa shape index (κ1) is 37.8. The number of amides is 2. The number of hydrogen-bond donors (Lipinski definition) is 4. The lowest BCUT2D eigenvalue weighted by Crippen LogP contribution is -2.48. The second-order valence-corrected chi connectivity index (χ2v) is 14.6. The Morgan fingerprint density at radius 1 is 0.865 bits per heavy atom. The number of benzene rings is 3. The van der Waals surface area contributed by atoms with Gasteiger partial charge in [0, 0.05) is 32.0 Å². The maximum Gasteiger partial charge on any atom is 0.407 e. The molecule has 10 nitrogen and oxygen atoms in total. The third-order valence-corrected chi connectivity index (χ3v) is 10.7. The Kier molecular flexibility index (Phi) is 14.0. The molecule has 0 radical (unpaired) electrons. The summed E-state index contributed by atoms with van der Waals surface area (Å²) in [4.78, 5) is 29.7. The van der Waals surface area contributed by atoms with Crippen LogP contribution in [0, 0.1) is 5.92 Å². The van der Waals surface area contributed by atoms with E-state index in [4.69, 9.17) is 14.2 Å². The average molecular weight is 714 g/mol. The average Bonchev–Trinajstić information content (AvgIpc) is 3.28. The van der Waals surface area contributed by atoms with Crippen LogP contribution in [0.4, 0.5) is 4.79 Å². The number of hydrogen-bond acceptors (Lipinski definition) is 8. The molecule has 0 aromatic heterocycles. The van der Waals surface area contributed by atoms with E-state index in [9.17, 15) is 19.8 Å². The van der Waals surface area contributed by atoms with Gasteiger partial charge in [-0.15, -0.1) is 0 Å². The molecule has 52 heavy (non-hydrogen) atoms. The van der Waals surface area contributed by atoms with E-state index in [-0.39, 0.29) is 18.4 Å². The fourth-order valence-electron chi connectivity index (χ4n) is 7.73. The van der Waals surface area contributed by atoms with E-state index in [1.54, 1.807) is 0 Å². The molecule has 2 aliphatic carbocycles. The van der Waals surface area contributed by atoms with Crippen molar-refractivity contribution in [3.63, 3.8) is 0 Å². The van der Waals surface area contributed by atoms with E-state index in [0.29, 0.717) is 25.9 Å². The monoisotopic (exact) mass is 713 g/mol. The van der Waals surface area contributed by atoms with Crippen molar-refractivity contribution in [1.29, 1.82) is 0 Å². The van der Waals surface area contributed by atoms with Crippen molar-refractivity contribution in [2.24, 2.45) is 5.92 Å². The molecule has 3 aliphatic rings. The van der Waals surface area contributed by atoms with Gasteiger partial charge in [0.25, 0.3) is 0 Å². The number of fused-ring (bicyclic) bond motifs is 1. The second-order valence-electron chi connectivity index (χ2n) is 14.6. The summed E-state index contributed by atoms with van der Waals surface area (Å²) >= 11 is 0. The van der Waals surface area contributed by atoms with Gasteiger partial charge < -0.3 is 35.1 Å². The Morgan fingerprint density at radius 2 is 1.56 bits per heavy atom. The van der Waals surface area contributed by atoms with E-state index in [1.807, 2.05) is 78.9 Å². The van der Waals surface area contributed by atoms with E-state index in [1.165, 1.54) is 0 Å². The molecular weight excluding hydrogens is 658 g/mol. The molecule has 1 saturated carbocycles. The molecule has 0 unspecified atom stereocenters.